The van der Waals surface area contributed by atoms with Crippen LogP contribution in [0.5, 0.6) is 0 Å². The first kappa shape index (κ1) is 17.9. The van der Waals surface area contributed by atoms with E-state index >= 15 is 0 Å². The second-order valence-electron chi connectivity index (χ2n) is 7.35. The van der Waals surface area contributed by atoms with Crippen molar-refractivity contribution in [3.05, 3.63) is 47.8 Å². The van der Waals surface area contributed by atoms with Crippen LogP contribution in [-0.2, 0) is 0 Å². The molecule has 0 bridgehead atoms. The first-order valence-corrected chi connectivity index (χ1v) is 10.3. The Morgan fingerprint density at radius 2 is 2.17 bits per heavy atom. The smallest absolute Gasteiger partial charge is 0.251 e. The molecule has 1 aliphatic heterocycles. The number of pyridine rings is 1. The lowest BCUT2D eigenvalue weighted by Crippen LogP contribution is -2.36. The predicted molar refractivity (Wildman–Crippen MR) is 116 cm³/mol. The molecule has 1 aromatic carbocycles. The predicted octanol–water partition coefficient (Wildman–Crippen LogP) is 3.39. The van der Waals surface area contributed by atoms with Crippen LogP contribution in [0.2, 0.25) is 0 Å². The number of anilines is 2. The molecule has 0 spiro atoms. The van der Waals surface area contributed by atoms with Crippen molar-refractivity contribution >= 4 is 49.1 Å². The van der Waals surface area contributed by atoms with Gasteiger partial charge < -0.3 is 16.0 Å². The van der Waals surface area contributed by atoms with E-state index < -0.39 is 0 Å². The fourth-order valence-electron chi connectivity index (χ4n) is 3.55. The SMILES string of the molecule is CC(C)NC(=O)c1ccc2c3c(sc2c1)NCNC3Nc1cc2cn[nH]c2cn1. The quantitative estimate of drug-likeness (QED) is 0.355. The maximum absolute atomic E-state index is 12.4. The van der Waals surface area contributed by atoms with Crippen LogP contribution in [0.3, 0.4) is 0 Å². The molecule has 0 aliphatic carbocycles. The number of aromatic amines is 1. The van der Waals surface area contributed by atoms with Gasteiger partial charge in [-0.15, -0.1) is 11.3 Å². The first-order valence-electron chi connectivity index (χ1n) is 9.49. The van der Waals surface area contributed by atoms with Crippen LogP contribution in [0.25, 0.3) is 21.0 Å². The van der Waals surface area contributed by atoms with Gasteiger partial charge in [0.1, 0.15) is 12.0 Å². The molecule has 5 rings (SSSR count). The Hall–Kier alpha value is -3.17. The molecule has 4 heterocycles. The van der Waals surface area contributed by atoms with Crippen LogP contribution in [0, 0.1) is 0 Å². The van der Waals surface area contributed by atoms with Crippen LogP contribution >= 0.6 is 11.3 Å². The number of carbonyl (C=O) groups is 1. The highest BCUT2D eigenvalue weighted by Gasteiger charge is 2.25. The van der Waals surface area contributed by atoms with Gasteiger partial charge in [0.25, 0.3) is 5.91 Å². The highest BCUT2D eigenvalue weighted by molar-refractivity contribution is 7.23. The lowest BCUT2D eigenvalue weighted by Gasteiger charge is -2.27. The van der Waals surface area contributed by atoms with Crippen LogP contribution in [-0.4, -0.2) is 33.8 Å². The summed E-state index contributed by atoms with van der Waals surface area (Å²) in [5, 5.41) is 23.5. The monoisotopic (exact) mass is 407 g/mol. The fraction of sp³-hybridized carbons (Fsp3) is 0.250. The third kappa shape index (κ3) is 3.28. The number of hydrogen-bond acceptors (Lipinski definition) is 7. The highest BCUT2D eigenvalue weighted by Crippen LogP contribution is 2.41. The molecule has 3 aromatic heterocycles. The van der Waals surface area contributed by atoms with Crippen LogP contribution in [0.15, 0.2) is 36.7 Å². The average molecular weight is 408 g/mol. The zero-order valence-corrected chi connectivity index (χ0v) is 16.9. The first-order chi connectivity index (χ1) is 14.1. The summed E-state index contributed by atoms with van der Waals surface area (Å²) in [6, 6.07) is 7.95. The minimum absolute atomic E-state index is 0.0494. The molecule has 0 saturated heterocycles. The summed E-state index contributed by atoms with van der Waals surface area (Å²) in [5.74, 6) is 0.725. The fourth-order valence-corrected chi connectivity index (χ4v) is 4.73. The maximum Gasteiger partial charge on any atom is 0.251 e. The minimum Gasteiger partial charge on any atom is -0.364 e. The van der Waals surface area contributed by atoms with E-state index in [-0.39, 0.29) is 18.1 Å². The Bertz CT molecular complexity index is 1210. The van der Waals surface area contributed by atoms with E-state index in [1.807, 2.05) is 38.1 Å². The molecular formula is C20H21N7OS. The Morgan fingerprint density at radius 1 is 1.28 bits per heavy atom. The van der Waals surface area contributed by atoms with E-state index in [2.05, 4.69) is 36.4 Å². The van der Waals surface area contributed by atoms with Gasteiger partial charge in [-0.25, -0.2) is 4.98 Å². The highest BCUT2D eigenvalue weighted by atomic mass is 32.1. The molecule has 1 unspecified atom stereocenters. The summed E-state index contributed by atoms with van der Waals surface area (Å²) in [5.41, 5.74) is 2.72. The van der Waals surface area contributed by atoms with Gasteiger partial charge in [-0.2, -0.15) is 5.10 Å². The molecule has 29 heavy (non-hydrogen) atoms. The number of carbonyl (C=O) groups excluding carboxylic acids is 1. The van der Waals surface area contributed by atoms with E-state index in [0.29, 0.717) is 12.2 Å². The van der Waals surface area contributed by atoms with Crippen molar-refractivity contribution in [3.63, 3.8) is 0 Å². The number of nitrogens with one attached hydrogen (secondary N) is 5. The zero-order chi connectivity index (χ0) is 20.0. The summed E-state index contributed by atoms with van der Waals surface area (Å²) in [7, 11) is 0. The Labute approximate surface area is 171 Å². The minimum atomic E-state index is -0.0906. The molecule has 8 nitrogen and oxygen atoms in total. The van der Waals surface area contributed by atoms with Crippen molar-refractivity contribution in [2.45, 2.75) is 26.1 Å². The van der Waals surface area contributed by atoms with Gasteiger partial charge in [-0.3, -0.25) is 15.2 Å². The number of fused-ring (bicyclic) bond motifs is 4. The molecule has 0 saturated carbocycles. The van der Waals surface area contributed by atoms with Crippen LogP contribution < -0.4 is 21.3 Å². The number of H-pyrrole nitrogens is 1. The summed E-state index contributed by atoms with van der Waals surface area (Å²) in [6.07, 6.45) is 3.47. The normalized spacial score (nSPS) is 16.0. The molecule has 1 aliphatic rings. The van der Waals surface area contributed by atoms with E-state index in [1.54, 1.807) is 23.7 Å². The van der Waals surface area contributed by atoms with E-state index in [1.165, 1.54) is 0 Å². The van der Waals surface area contributed by atoms with Gasteiger partial charge >= 0.3 is 0 Å². The largest absolute Gasteiger partial charge is 0.364 e. The van der Waals surface area contributed by atoms with Gasteiger partial charge in [0.05, 0.1) is 29.6 Å². The summed E-state index contributed by atoms with van der Waals surface area (Å²) < 4.78 is 1.08. The van der Waals surface area contributed by atoms with Crippen molar-refractivity contribution in [2.24, 2.45) is 0 Å². The third-order valence-corrected chi connectivity index (χ3v) is 6.00. The van der Waals surface area contributed by atoms with E-state index in [9.17, 15) is 4.79 Å². The van der Waals surface area contributed by atoms with Gasteiger partial charge in [0.2, 0.25) is 0 Å². The average Bonchev–Trinajstić information content (AvgIpc) is 3.31. The number of aromatic nitrogens is 3. The number of rotatable bonds is 4. The molecular weight excluding hydrogens is 386 g/mol. The molecule has 5 N–H and O–H groups in total. The number of thiophene rings is 1. The maximum atomic E-state index is 12.4. The van der Waals surface area contributed by atoms with E-state index in [4.69, 9.17) is 0 Å². The van der Waals surface area contributed by atoms with Crippen molar-refractivity contribution in [2.75, 3.05) is 17.3 Å². The standard InChI is InChI=1S/C20H21N7OS/c1-10(2)25-19(28)11-3-4-13-15(5-11)29-20-17(13)18(22-9-23-20)26-16-6-12-7-24-27-14(12)8-21-16/h3-8,10,18,22-23H,9H2,1-2H3,(H,21,26)(H,24,27)(H,25,28). The Kier molecular flexibility index (Phi) is 4.33. The van der Waals surface area contributed by atoms with Gasteiger partial charge in [-0.1, -0.05) is 6.07 Å². The number of amides is 1. The van der Waals surface area contributed by atoms with Gasteiger partial charge in [0.15, 0.2) is 0 Å². The molecule has 0 fully saturated rings. The Morgan fingerprint density at radius 3 is 3.03 bits per heavy atom. The molecule has 4 aromatic rings. The molecule has 1 atom stereocenters. The van der Waals surface area contributed by atoms with Gasteiger partial charge in [0, 0.05) is 32.6 Å². The van der Waals surface area contributed by atoms with Crippen molar-refractivity contribution in [1.29, 1.82) is 0 Å². The van der Waals surface area contributed by atoms with E-state index in [0.717, 1.165) is 37.4 Å². The van der Waals surface area contributed by atoms with Crippen molar-refractivity contribution in [1.82, 2.24) is 25.8 Å². The molecule has 0 radical (unpaired) electrons. The van der Waals surface area contributed by atoms with Crippen molar-refractivity contribution < 1.29 is 4.79 Å². The zero-order valence-electron chi connectivity index (χ0n) is 16.0. The number of benzene rings is 1. The Balaban J connectivity index is 1.49. The van der Waals surface area contributed by atoms with Gasteiger partial charge in [-0.05, 0) is 32.0 Å². The third-order valence-electron chi connectivity index (χ3n) is 4.87. The molecule has 148 valence electrons. The summed E-state index contributed by atoms with van der Waals surface area (Å²) >= 11 is 1.66. The lowest BCUT2D eigenvalue weighted by atomic mass is 10.1. The number of hydrogen-bond donors (Lipinski definition) is 5. The molecule has 1 amide bonds. The van der Waals surface area contributed by atoms with Crippen LogP contribution in [0.1, 0.15) is 35.9 Å². The van der Waals surface area contributed by atoms with Crippen molar-refractivity contribution in [3.8, 4) is 0 Å². The number of nitrogens with zero attached hydrogens (tertiary/aromatic N) is 2. The second-order valence-corrected chi connectivity index (χ2v) is 8.40. The topological polar surface area (TPSA) is 107 Å². The summed E-state index contributed by atoms with van der Waals surface area (Å²) in [6.45, 7) is 4.56. The molecule has 9 heteroatoms. The summed E-state index contributed by atoms with van der Waals surface area (Å²) in [4.78, 5) is 16.9. The lowest BCUT2D eigenvalue weighted by molar-refractivity contribution is 0.0943. The second kappa shape index (κ2) is 7.02. The van der Waals surface area contributed by atoms with Crippen LogP contribution in [0.4, 0.5) is 10.8 Å².